The number of fused-ring (bicyclic) bond motifs is 3. The zero-order chi connectivity index (χ0) is 7.97. The first-order chi connectivity index (χ1) is 5.95. The first-order valence-electron chi connectivity index (χ1n) is 3.56. The van der Waals surface area contributed by atoms with E-state index >= 15 is 0 Å². The maximum atomic E-state index is 4.15. The highest BCUT2D eigenvalue weighted by atomic mass is 15.1. The number of rotatable bonds is 0. The van der Waals surface area contributed by atoms with Gasteiger partial charge in [0.2, 0.25) is 5.78 Å². The van der Waals surface area contributed by atoms with E-state index in [0.29, 0.717) is 5.78 Å². The first-order valence-corrected chi connectivity index (χ1v) is 3.56. The van der Waals surface area contributed by atoms with Gasteiger partial charge in [0.05, 0.1) is 12.5 Å². The molecule has 0 aromatic carbocycles. The third kappa shape index (κ3) is 0.554. The summed E-state index contributed by atoms with van der Waals surface area (Å²) < 4.78 is 1.84. The average Bonchev–Trinajstić information content (AvgIpc) is 2.71. The van der Waals surface area contributed by atoms with Crippen molar-refractivity contribution in [3.8, 4) is 0 Å². The molecule has 5 heteroatoms. The summed E-state index contributed by atoms with van der Waals surface area (Å²) in [7, 11) is 0. The van der Waals surface area contributed by atoms with Gasteiger partial charge in [0.15, 0.2) is 5.65 Å². The molecular formula is C7H5N5. The van der Waals surface area contributed by atoms with Crippen molar-refractivity contribution in [2.75, 3.05) is 0 Å². The number of aromatic amines is 1. The van der Waals surface area contributed by atoms with Crippen molar-refractivity contribution in [1.29, 1.82) is 0 Å². The van der Waals surface area contributed by atoms with E-state index in [0.717, 1.165) is 11.2 Å². The molecular weight excluding hydrogens is 154 g/mol. The van der Waals surface area contributed by atoms with E-state index in [1.807, 2.05) is 10.6 Å². The Morgan fingerprint density at radius 3 is 3.25 bits per heavy atom. The number of hydrogen-bond acceptors (Lipinski definition) is 3. The quantitative estimate of drug-likeness (QED) is 0.522. The minimum atomic E-state index is 0.676. The maximum absolute atomic E-state index is 4.15. The van der Waals surface area contributed by atoms with Gasteiger partial charge in [-0.2, -0.15) is 0 Å². The van der Waals surface area contributed by atoms with Gasteiger partial charge in [-0.3, -0.25) is 4.40 Å². The summed E-state index contributed by atoms with van der Waals surface area (Å²) in [6, 6.07) is 0. The predicted molar refractivity (Wildman–Crippen MR) is 42.6 cm³/mol. The second kappa shape index (κ2) is 1.82. The van der Waals surface area contributed by atoms with Crippen LogP contribution in [-0.4, -0.2) is 24.3 Å². The molecule has 0 spiro atoms. The van der Waals surface area contributed by atoms with Crippen LogP contribution in [-0.2, 0) is 0 Å². The van der Waals surface area contributed by atoms with Gasteiger partial charge in [0, 0.05) is 12.4 Å². The molecule has 0 saturated heterocycles. The summed E-state index contributed by atoms with van der Waals surface area (Å²) >= 11 is 0. The van der Waals surface area contributed by atoms with Gasteiger partial charge in [-0.25, -0.2) is 15.0 Å². The highest BCUT2D eigenvalue weighted by Gasteiger charge is 2.01. The van der Waals surface area contributed by atoms with Crippen LogP contribution in [0, 0.1) is 0 Å². The Labute approximate surface area is 67.1 Å². The minimum Gasteiger partial charge on any atom is -0.342 e. The van der Waals surface area contributed by atoms with E-state index in [1.165, 1.54) is 0 Å². The smallest absolute Gasteiger partial charge is 0.235 e. The number of imidazole rings is 2. The Hall–Kier alpha value is -1.91. The van der Waals surface area contributed by atoms with Gasteiger partial charge in [-0.05, 0) is 0 Å². The molecule has 58 valence electrons. The SMILES string of the molecule is c1cn2c(n1)ncc1[nH]cnc12. The molecule has 0 aliphatic carbocycles. The molecule has 0 aliphatic heterocycles. The predicted octanol–water partition coefficient (Wildman–Crippen LogP) is 0.606. The average molecular weight is 159 g/mol. The van der Waals surface area contributed by atoms with Crippen molar-refractivity contribution >= 4 is 16.9 Å². The molecule has 0 bridgehead atoms. The molecule has 12 heavy (non-hydrogen) atoms. The van der Waals surface area contributed by atoms with Crippen molar-refractivity contribution in [1.82, 2.24) is 24.3 Å². The summed E-state index contributed by atoms with van der Waals surface area (Å²) in [5.41, 5.74) is 1.78. The zero-order valence-electron chi connectivity index (χ0n) is 6.10. The Bertz CT molecular complexity index is 485. The first kappa shape index (κ1) is 5.70. The molecule has 0 fully saturated rings. The van der Waals surface area contributed by atoms with Crippen LogP contribution < -0.4 is 0 Å². The van der Waals surface area contributed by atoms with Gasteiger partial charge < -0.3 is 4.98 Å². The Morgan fingerprint density at radius 2 is 2.25 bits per heavy atom. The molecule has 3 aromatic rings. The fourth-order valence-corrected chi connectivity index (χ4v) is 1.26. The van der Waals surface area contributed by atoms with Crippen molar-refractivity contribution < 1.29 is 0 Å². The van der Waals surface area contributed by atoms with Crippen LogP contribution in [0.2, 0.25) is 0 Å². The third-order valence-electron chi connectivity index (χ3n) is 1.81. The molecule has 3 aromatic heterocycles. The van der Waals surface area contributed by atoms with E-state index in [9.17, 15) is 0 Å². The summed E-state index contributed by atoms with van der Waals surface area (Å²) in [4.78, 5) is 15.3. The zero-order valence-corrected chi connectivity index (χ0v) is 6.10. The Kier molecular flexibility index (Phi) is 0.864. The topological polar surface area (TPSA) is 58.9 Å². The van der Waals surface area contributed by atoms with Gasteiger partial charge in [-0.1, -0.05) is 0 Å². The number of aromatic nitrogens is 5. The summed E-state index contributed by atoms with van der Waals surface area (Å²) in [5.74, 6) is 0.676. The third-order valence-corrected chi connectivity index (χ3v) is 1.81. The number of nitrogens with zero attached hydrogens (tertiary/aromatic N) is 4. The van der Waals surface area contributed by atoms with E-state index < -0.39 is 0 Å². The van der Waals surface area contributed by atoms with E-state index in [1.54, 1.807) is 18.7 Å². The van der Waals surface area contributed by atoms with Gasteiger partial charge in [-0.15, -0.1) is 0 Å². The standard InChI is InChI=1S/C7H5N5/c1-2-12-6-5(10-4-11-6)3-9-7(12)8-1/h1-4H,(H,10,11). The van der Waals surface area contributed by atoms with Crippen LogP contribution in [0.15, 0.2) is 24.9 Å². The fraction of sp³-hybridized carbons (Fsp3) is 0. The lowest BCUT2D eigenvalue weighted by atomic mass is 10.5. The van der Waals surface area contributed by atoms with Crippen LogP contribution in [0.4, 0.5) is 0 Å². The van der Waals surface area contributed by atoms with Crippen LogP contribution in [0.5, 0.6) is 0 Å². The van der Waals surface area contributed by atoms with Crippen molar-refractivity contribution in [2.45, 2.75) is 0 Å². The Balaban J connectivity index is 2.71. The normalized spacial score (nSPS) is 11.3. The van der Waals surface area contributed by atoms with E-state index in [-0.39, 0.29) is 0 Å². The lowest BCUT2D eigenvalue weighted by molar-refractivity contribution is 1.14. The highest BCUT2D eigenvalue weighted by Crippen LogP contribution is 2.08. The van der Waals surface area contributed by atoms with Gasteiger partial charge in [0.1, 0.15) is 5.52 Å². The summed E-state index contributed by atoms with van der Waals surface area (Å²) in [5, 5.41) is 0. The molecule has 0 radical (unpaired) electrons. The fourth-order valence-electron chi connectivity index (χ4n) is 1.26. The maximum Gasteiger partial charge on any atom is 0.235 e. The highest BCUT2D eigenvalue weighted by molar-refractivity contribution is 5.71. The second-order valence-corrected chi connectivity index (χ2v) is 2.50. The molecule has 3 rings (SSSR count). The van der Waals surface area contributed by atoms with Gasteiger partial charge >= 0.3 is 0 Å². The minimum absolute atomic E-state index is 0.676. The van der Waals surface area contributed by atoms with Crippen LogP contribution in [0.1, 0.15) is 0 Å². The van der Waals surface area contributed by atoms with Crippen molar-refractivity contribution in [2.24, 2.45) is 0 Å². The number of nitrogens with one attached hydrogen (secondary N) is 1. The second-order valence-electron chi connectivity index (χ2n) is 2.50. The lowest BCUT2D eigenvalue weighted by Gasteiger charge is -1.91. The van der Waals surface area contributed by atoms with Crippen molar-refractivity contribution in [3.05, 3.63) is 24.9 Å². The molecule has 1 N–H and O–H groups in total. The molecule has 0 aliphatic rings. The van der Waals surface area contributed by atoms with Crippen LogP contribution >= 0.6 is 0 Å². The Morgan fingerprint density at radius 1 is 1.25 bits per heavy atom. The summed E-state index contributed by atoms with van der Waals surface area (Å²) in [6.45, 7) is 0. The molecule has 0 amide bonds. The van der Waals surface area contributed by atoms with Crippen molar-refractivity contribution in [3.63, 3.8) is 0 Å². The van der Waals surface area contributed by atoms with Crippen LogP contribution in [0.25, 0.3) is 16.9 Å². The lowest BCUT2D eigenvalue weighted by Crippen LogP contribution is -1.88. The molecule has 0 unspecified atom stereocenters. The summed E-state index contributed by atoms with van der Waals surface area (Å²) in [6.07, 6.45) is 6.92. The molecule has 0 atom stereocenters. The molecule has 5 nitrogen and oxygen atoms in total. The monoisotopic (exact) mass is 159 g/mol. The number of hydrogen-bond donors (Lipinski definition) is 1. The van der Waals surface area contributed by atoms with E-state index in [4.69, 9.17) is 0 Å². The van der Waals surface area contributed by atoms with Gasteiger partial charge in [0.25, 0.3) is 0 Å². The molecule has 0 saturated carbocycles. The van der Waals surface area contributed by atoms with Crippen LogP contribution in [0.3, 0.4) is 0 Å². The number of H-pyrrole nitrogens is 1. The van der Waals surface area contributed by atoms with E-state index in [2.05, 4.69) is 19.9 Å². The largest absolute Gasteiger partial charge is 0.342 e. The molecule has 3 heterocycles.